The van der Waals surface area contributed by atoms with E-state index in [1.807, 2.05) is 4.90 Å². The first-order valence-electron chi connectivity index (χ1n) is 7.11. The van der Waals surface area contributed by atoms with Gasteiger partial charge < -0.3 is 10.0 Å². The van der Waals surface area contributed by atoms with Crippen LogP contribution in [-0.4, -0.2) is 35.0 Å². The van der Waals surface area contributed by atoms with E-state index in [4.69, 9.17) is 5.11 Å². The molecule has 1 saturated heterocycles. The van der Waals surface area contributed by atoms with Gasteiger partial charge >= 0.3 is 5.97 Å². The molecule has 1 saturated carbocycles. The molecule has 1 aliphatic heterocycles. The highest BCUT2D eigenvalue weighted by molar-refractivity contribution is 5.84. The van der Waals surface area contributed by atoms with Crippen LogP contribution in [-0.2, 0) is 9.59 Å². The molecule has 1 heterocycles. The van der Waals surface area contributed by atoms with Crippen molar-refractivity contribution in [2.75, 3.05) is 13.1 Å². The van der Waals surface area contributed by atoms with Crippen molar-refractivity contribution in [2.24, 2.45) is 11.3 Å². The second-order valence-electron chi connectivity index (χ2n) is 5.79. The molecule has 102 valence electrons. The lowest BCUT2D eigenvalue weighted by Gasteiger charge is -2.45. The van der Waals surface area contributed by atoms with E-state index in [0.717, 1.165) is 32.1 Å². The van der Waals surface area contributed by atoms with E-state index in [2.05, 4.69) is 6.92 Å². The van der Waals surface area contributed by atoms with Gasteiger partial charge in [-0.25, -0.2) is 0 Å². The Morgan fingerprint density at radius 2 is 1.89 bits per heavy atom. The molecule has 1 aliphatic carbocycles. The largest absolute Gasteiger partial charge is 0.481 e. The highest BCUT2D eigenvalue weighted by Gasteiger charge is 2.45. The van der Waals surface area contributed by atoms with Crippen LogP contribution in [0.5, 0.6) is 0 Å². The monoisotopic (exact) mass is 253 g/mol. The van der Waals surface area contributed by atoms with Crippen LogP contribution in [0.2, 0.25) is 0 Å². The number of amides is 1. The Balaban J connectivity index is 1.92. The van der Waals surface area contributed by atoms with Crippen molar-refractivity contribution in [3.8, 4) is 0 Å². The fraction of sp³-hybridized carbons (Fsp3) is 0.857. The minimum atomic E-state index is -0.714. The summed E-state index contributed by atoms with van der Waals surface area (Å²) in [6, 6.07) is 0. The van der Waals surface area contributed by atoms with E-state index in [0.29, 0.717) is 31.8 Å². The molecule has 0 aromatic heterocycles. The number of piperidine rings is 1. The highest BCUT2D eigenvalue weighted by atomic mass is 16.4. The first kappa shape index (κ1) is 13.4. The first-order valence-corrected chi connectivity index (χ1v) is 7.11. The van der Waals surface area contributed by atoms with Crippen molar-refractivity contribution in [1.82, 2.24) is 4.90 Å². The molecule has 0 unspecified atom stereocenters. The van der Waals surface area contributed by atoms with E-state index >= 15 is 0 Å². The molecule has 18 heavy (non-hydrogen) atoms. The third-order valence-electron chi connectivity index (χ3n) is 4.62. The lowest BCUT2D eigenvalue weighted by molar-refractivity contribution is -0.153. The van der Waals surface area contributed by atoms with Crippen molar-refractivity contribution in [2.45, 2.75) is 51.9 Å². The number of carbonyl (C=O) groups excluding carboxylic acids is 1. The number of hydrogen-bond acceptors (Lipinski definition) is 2. The zero-order chi connectivity index (χ0) is 13.2. The molecular formula is C14H23NO3. The van der Waals surface area contributed by atoms with Crippen LogP contribution in [0.1, 0.15) is 51.9 Å². The van der Waals surface area contributed by atoms with E-state index in [9.17, 15) is 9.59 Å². The Morgan fingerprint density at radius 3 is 2.28 bits per heavy atom. The highest BCUT2D eigenvalue weighted by Crippen LogP contribution is 2.46. The summed E-state index contributed by atoms with van der Waals surface area (Å²) >= 11 is 0. The zero-order valence-corrected chi connectivity index (χ0v) is 11.2. The summed E-state index contributed by atoms with van der Waals surface area (Å²) < 4.78 is 0. The summed E-state index contributed by atoms with van der Waals surface area (Å²) in [6.45, 7) is 3.38. The summed E-state index contributed by atoms with van der Waals surface area (Å²) in [6.07, 6.45) is 6.49. The van der Waals surface area contributed by atoms with Crippen LogP contribution < -0.4 is 0 Å². The molecule has 1 N–H and O–H groups in total. The van der Waals surface area contributed by atoms with Crippen molar-refractivity contribution in [3.63, 3.8) is 0 Å². The molecule has 4 nitrogen and oxygen atoms in total. The molecule has 0 bridgehead atoms. The second-order valence-corrected chi connectivity index (χ2v) is 5.79. The Bertz CT molecular complexity index is 328. The first-order chi connectivity index (χ1) is 8.59. The topological polar surface area (TPSA) is 57.6 Å². The Kier molecular flexibility index (Phi) is 3.93. The molecular weight excluding hydrogens is 230 g/mol. The molecule has 4 heteroatoms. The van der Waals surface area contributed by atoms with Gasteiger partial charge in [-0.1, -0.05) is 19.8 Å². The molecule has 0 aromatic carbocycles. The van der Waals surface area contributed by atoms with Gasteiger partial charge in [-0.15, -0.1) is 0 Å². The predicted octanol–water partition coefficient (Wildman–Crippen LogP) is 2.28. The van der Waals surface area contributed by atoms with Crippen LogP contribution in [0.15, 0.2) is 0 Å². The van der Waals surface area contributed by atoms with Crippen LogP contribution in [0.4, 0.5) is 0 Å². The number of nitrogens with zero attached hydrogens (tertiary/aromatic N) is 1. The van der Waals surface area contributed by atoms with Crippen molar-refractivity contribution >= 4 is 11.9 Å². The number of likely N-dealkylation sites (tertiary alicyclic amines) is 1. The van der Waals surface area contributed by atoms with Crippen LogP contribution in [0.3, 0.4) is 0 Å². The summed E-state index contributed by atoms with van der Waals surface area (Å²) in [7, 11) is 0. The minimum Gasteiger partial charge on any atom is -0.481 e. The number of hydrogen-bond donors (Lipinski definition) is 1. The maximum absolute atomic E-state index is 12.5. The lowest BCUT2D eigenvalue weighted by Crippen LogP contribution is -2.50. The van der Waals surface area contributed by atoms with E-state index in [1.165, 1.54) is 0 Å². The Hall–Kier alpha value is -1.06. The van der Waals surface area contributed by atoms with Crippen LogP contribution in [0.25, 0.3) is 0 Å². The van der Waals surface area contributed by atoms with Gasteiger partial charge in [0.25, 0.3) is 0 Å². The molecule has 2 rings (SSSR count). The summed E-state index contributed by atoms with van der Waals surface area (Å²) in [4.78, 5) is 25.4. The Morgan fingerprint density at radius 1 is 1.28 bits per heavy atom. The third kappa shape index (κ3) is 2.38. The maximum atomic E-state index is 12.5. The number of carbonyl (C=O) groups is 2. The summed E-state index contributed by atoms with van der Waals surface area (Å²) in [5, 5.41) is 8.96. The average molecular weight is 253 g/mol. The van der Waals surface area contributed by atoms with Crippen LogP contribution in [0, 0.1) is 11.3 Å². The number of rotatable bonds is 4. The van der Waals surface area contributed by atoms with Gasteiger partial charge in [0.15, 0.2) is 0 Å². The van der Waals surface area contributed by atoms with Gasteiger partial charge in [0.1, 0.15) is 0 Å². The SMILES string of the molecule is CCCC1(C(=O)N2CCC(C(=O)O)CC2)CCC1. The van der Waals surface area contributed by atoms with E-state index in [-0.39, 0.29) is 11.3 Å². The lowest BCUT2D eigenvalue weighted by atomic mass is 9.65. The van der Waals surface area contributed by atoms with Gasteiger partial charge in [-0.2, -0.15) is 0 Å². The molecule has 2 aliphatic rings. The molecule has 0 radical (unpaired) electrons. The molecule has 0 atom stereocenters. The number of carboxylic acids is 1. The Labute approximate surface area is 108 Å². The fourth-order valence-electron chi connectivity index (χ4n) is 3.32. The normalized spacial score (nSPS) is 23.5. The summed E-state index contributed by atoms with van der Waals surface area (Å²) in [5.41, 5.74) is -0.0925. The van der Waals surface area contributed by atoms with Crippen LogP contribution >= 0.6 is 0 Å². The van der Waals surface area contributed by atoms with Crippen molar-refractivity contribution in [3.05, 3.63) is 0 Å². The zero-order valence-electron chi connectivity index (χ0n) is 11.2. The number of aliphatic carboxylic acids is 1. The maximum Gasteiger partial charge on any atom is 0.306 e. The number of carboxylic acid groups (broad SMARTS) is 1. The van der Waals surface area contributed by atoms with Crippen molar-refractivity contribution < 1.29 is 14.7 Å². The fourth-order valence-corrected chi connectivity index (χ4v) is 3.32. The summed E-state index contributed by atoms with van der Waals surface area (Å²) in [5.74, 6) is -0.675. The van der Waals surface area contributed by atoms with Gasteiger partial charge in [-0.3, -0.25) is 9.59 Å². The molecule has 1 amide bonds. The van der Waals surface area contributed by atoms with E-state index in [1.54, 1.807) is 0 Å². The van der Waals surface area contributed by atoms with Gasteiger partial charge in [0, 0.05) is 18.5 Å². The van der Waals surface area contributed by atoms with E-state index < -0.39 is 5.97 Å². The second kappa shape index (κ2) is 5.29. The molecule has 2 fully saturated rings. The predicted molar refractivity (Wildman–Crippen MR) is 68.1 cm³/mol. The van der Waals surface area contributed by atoms with Gasteiger partial charge in [-0.05, 0) is 32.1 Å². The smallest absolute Gasteiger partial charge is 0.306 e. The molecule has 0 spiro atoms. The third-order valence-corrected chi connectivity index (χ3v) is 4.62. The average Bonchev–Trinajstić information content (AvgIpc) is 2.33. The minimum absolute atomic E-state index is 0.0925. The molecule has 0 aromatic rings. The standard InChI is InChI=1S/C14H23NO3/c1-2-6-14(7-3-8-14)13(18)15-9-4-11(5-10-15)12(16)17/h11H,2-10H2,1H3,(H,16,17). The van der Waals surface area contributed by atoms with Crippen molar-refractivity contribution in [1.29, 1.82) is 0 Å². The van der Waals surface area contributed by atoms with Gasteiger partial charge in [0.05, 0.1) is 5.92 Å². The quantitative estimate of drug-likeness (QED) is 0.836. The van der Waals surface area contributed by atoms with Gasteiger partial charge in [0.2, 0.25) is 5.91 Å².